The second-order valence-corrected chi connectivity index (χ2v) is 12.9. The van der Waals surface area contributed by atoms with Gasteiger partial charge in [-0.15, -0.1) is 0 Å². The Morgan fingerprint density at radius 2 is 1.38 bits per heavy atom. The van der Waals surface area contributed by atoms with Crippen molar-refractivity contribution in [1.29, 1.82) is 0 Å². The second-order valence-electron chi connectivity index (χ2n) is 2.57. The molecule has 0 amide bonds. The average Bonchev–Trinajstić information content (AvgIpc) is 1.25. The Bertz CT molecular complexity index is 163. The Kier molecular flexibility index (Phi) is 1.85. The molecule has 50 valence electrons. The molecular weight excluding hydrogens is 144 g/mol. The lowest BCUT2D eigenvalue weighted by molar-refractivity contribution is 0.478. The zero-order chi connectivity index (χ0) is 7.00. The largest absolute Gasteiger partial charge is 0.753 e. The molecule has 0 aromatic rings. The van der Waals surface area contributed by atoms with Crippen LogP contribution in [-0.2, 0) is 9.57 Å². The van der Waals surface area contributed by atoms with E-state index in [0.717, 1.165) is 0 Å². The molecule has 0 unspecified atom stereocenters. The molecule has 5 heteroatoms. The van der Waals surface area contributed by atoms with Crippen LogP contribution in [0.15, 0.2) is 0 Å². The predicted octanol–water partition coefficient (Wildman–Crippen LogP) is 0.367. The summed E-state index contributed by atoms with van der Waals surface area (Å²) in [6.45, 7) is 4.53. The van der Waals surface area contributed by atoms with Gasteiger partial charge in [0.05, 0.1) is 9.57 Å². The Hall–Kier alpha value is 0.127. The summed E-state index contributed by atoms with van der Waals surface area (Å²) in [5.41, 5.74) is 0. The summed E-state index contributed by atoms with van der Waals surface area (Å²) in [5, 5.41) is 0. The highest BCUT2D eigenvalue weighted by Gasteiger charge is 2.21. The summed E-state index contributed by atoms with van der Waals surface area (Å²) in [7, 11) is -6.39. The molecule has 0 aliphatic heterocycles. The van der Waals surface area contributed by atoms with E-state index in [4.69, 9.17) is 0 Å². The van der Waals surface area contributed by atoms with Crippen molar-refractivity contribution >= 4 is 16.8 Å². The van der Waals surface area contributed by atoms with Crippen LogP contribution in [0.2, 0.25) is 19.6 Å². The van der Waals surface area contributed by atoms with Crippen molar-refractivity contribution in [2.45, 2.75) is 19.6 Å². The van der Waals surface area contributed by atoms with Crippen molar-refractivity contribution in [3.8, 4) is 0 Å². The molecule has 0 radical (unpaired) electrons. The molecule has 3 nitrogen and oxygen atoms in total. The third-order valence-electron chi connectivity index (χ3n) is 0.750. The van der Waals surface area contributed by atoms with Gasteiger partial charge >= 0.3 is 0 Å². The van der Waals surface area contributed by atoms with Gasteiger partial charge in [-0.05, 0) is 0 Å². The van der Waals surface area contributed by atoms with Crippen LogP contribution in [0, 0.1) is 0 Å². The SMILES string of the molecule is C[Si](C)(C)S(=O)(=O)[O-]. The maximum Gasteiger partial charge on any atom is 0.170 e. The van der Waals surface area contributed by atoms with Gasteiger partial charge in [-0.2, -0.15) is 0 Å². The zero-order valence-electron chi connectivity index (χ0n) is 5.13. The van der Waals surface area contributed by atoms with E-state index in [1.807, 2.05) is 0 Å². The smallest absolute Gasteiger partial charge is 0.170 e. The zero-order valence-corrected chi connectivity index (χ0v) is 6.95. The summed E-state index contributed by atoms with van der Waals surface area (Å²) >= 11 is 0. The monoisotopic (exact) mass is 153 g/mol. The molecule has 0 aliphatic rings. The van der Waals surface area contributed by atoms with Crippen molar-refractivity contribution in [3.63, 3.8) is 0 Å². The van der Waals surface area contributed by atoms with Gasteiger partial charge in [-0.3, -0.25) is 0 Å². The van der Waals surface area contributed by atoms with Crippen molar-refractivity contribution < 1.29 is 13.0 Å². The van der Waals surface area contributed by atoms with Crippen LogP contribution in [0.5, 0.6) is 0 Å². The maximum absolute atomic E-state index is 10.2. The van der Waals surface area contributed by atoms with E-state index in [1.165, 1.54) is 19.6 Å². The maximum atomic E-state index is 10.2. The van der Waals surface area contributed by atoms with E-state index in [9.17, 15) is 13.0 Å². The molecule has 0 saturated carbocycles. The number of hydrogen-bond donors (Lipinski definition) is 0. The van der Waals surface area contributed by atoms with Gasteiger partial charge in [0.1, 0.15) is 0 Å². The summed E-state index contributed by atoms with van der Waals surface area (Å²) in [6.07, 6.45) is 0. The van der Waals surface area contributed by atoms with Gasteiger partial charge in [-0.1, -0.05) is 19.6 Å². The van der Waals surface area contributed by atoms with Gasteiger partial charge in [0.15, 0.2) is 7.22 Å². The first kappa shape index (κ1) is 8.13. The molecular formula is C3H9O3SSi-. The fourth-order valence-corrected chi connectivity index (χ4v) is 0. The first-order valence-electron chi connectivity index (χ1n) is 2.20. The van der Waals surface area contributed by atoms with Crippen LogP contribution >= 0.6 is 0 Å². The standard InChI is InChI=1S/C3H10O3SSi/c1-8(2,3)7(4,5)6/h1-3H3,(H,4,5,6)/p-1. The minimum Gasteiger partial charge on any atom is -0.753 e. The Morgan fingerprint density at radius 1 is 1.25 bits per heavy atom. The van der Waals surface area contributed by atoms with Crippen molar-refractivity contribution in [2.75, 3.05) is 0 Å². The van der Waals surface area contributed by atoms with E-state index < -0.39 is 16.8 Å². The summed E-state index contributed by atoms with van der Waals surface area (Å²) in [6, 6.07) is 0. The van der Waals surface area contributed by atoms with Crippen molar-refractivity contribution in [1.82, 2.24) is 0 Å². The second kappa shape index (κ2) is 1.82. The molecule has 0 rings (SSSR count). The first-order chi connectivity index (χ1) is 3.25. The molecule has 0 fully saturated rings. The van der Waals surface area contributed by atoms with Crippen LogP contribution in [0.25, 0.3) is 0 Å². The molecule has 0 N–H and O–H groups in total. The molecule has 0 aromatic heterocycles. The highest BCUT2D eigenvalue weighted by molar-refractivity contribution is 8.17. The number of hydrogen-bond acceptors (Lipinski definition) is 3. The molecule has 8 heavy (non-hydrogen) atoms. The average molecular weight is 153 g/mol. The van der Waals surface area contributed by atoms with Crippen LogP contribution in [-0.4, -0.2) is 20.2 Å². The molecule has 0 aliphatic carbocycles. The van der Waals surface area contributed by atoms with Crippen molar-refractivity contribution in [3.05, 3.63) is 0 Å². The topological polar surface area (TPSA) is 57.2 Å². The van der Waals surface area contributed by atoms with E-state index in [2.05, 4.69) is 0 Å². The predicted molar refractivity (Wildman–Crippen MR) is 33.0 cm³/mol. The van der Waals surface area contributed by atoms with E-state index in [-0.39, 0.29) is 0 Å². The van der Waals surface area contributed by atoms with Gasteiger partial charge in [0.2, 0.25) is 0 Å². The Morgan fingerprint density at radius 3 is 1.38 bits per heavy atom. The summed E-state index contributed by atoms with van der Waals surface area (Å²) < 4.78 is 30.5. The van der Waals surface area contributed by atoms with Gasteiger partial charge in [0, 0.05) is 0 Å². The van der Waals surface area contributed by atoms with Gasteiger partial charge < -0.3 is 4.55 Å². The third-order valence-corrected chi connectivity index (χ3v) is 6.75. The Labute approximate surface area is 50.1 Å². The summed E-state index contributed by atoms with van der Waals surface area (Å²) in [5.74, 6) is 0. The minimum atomic E-state index is -3.95. The van der Waals surface area contributed by atoms with E-state index in [0.29, 0.717) is 0 Å². The first-order valence-corrected chi connectivity index (χ1v) is 7.84. The fourth-order valence-electron chi connectivity index (χ4n) is 0. The highest BCUT2D eigenvalue weighted by atomic mass is 32.4. The van der Waals surface area contributed by atoms with E-state index in [1.54, 1.807) is 0 Å². The van der Waals surface area contributed by atoms with Crippen LogP contribution < -0.4 is 0 Å². The lowest BCUT2D eigenvalue weighted by atomic mass is 11.8. The lowest BCUT2D eigenvalue weighted by Gasteiger charge is -2.19. The molecule has 0 bridgehead atoms. The van der Waals surface area contributed by atoms with Crippen LogP contribution in [0.4, 0.5) is 0 Å². The summed E-state index contributed by atoms with van der Waals surface area (Å²) in [4.78, 5) is 0. The molecule has 0 aromatic carbocycles. The Balaban J connectivity index is 4.53. The van der Waals surface area contributed by atoms with E-state index >= 15 is 0 Å². The lowest BCUT2D eigenvalue weighted by Crippen LogP contribution is -2.32. The molecule has 0 atom stereocenters. The minimum absolute atomic E-state index is 1.51. The van der Waals surface area contributed by atoms with Gasteiger partial charge in [0.25, 0.3) is 0 Å². The van der Waals surface area contributed by atoms with Crippen LogP contribution in [0.3, 0.4) is 0 Å². The molecule has 0 heterocycles. The van der Waals surface area contributed by atoms with Crippen LogP contribution in [0.1, 0.15) is 0 Å². The fraction of sp³-hybridized carbons (Fsp3) is 1.00. The molecule has 0 saturated heterocycles. The normalized spacial score (nSPS) is 14.0. The van der Waals surface area contributed by atoms with Crippen molar-refractivity contribution in [2.24, 2.45) is 0 Å². The highest BCUT2D eigenvalue weighted by Crippen LogP contribution is 2.06. The molecule has 0 spiro atoms. The quantitative estimate of drug-likeness (QED) is 0.404. The third kappa shape index (κ3) is 1.93. The van der Waals surface area contributed by atoms with Gasteiger partial charge in [-0.25, -0.2) is 8.42 Å². The number of rotatable bonds is 1.